The van der Waals surface area contributed by atoms with Crippen molar-refractivity contribution in [3.05, 3.63) is 19.6 Å². The van der Waals surface area contributed by atoms with Gasteiger partial charge in [0.1, 0.15) is 0 Å². The number of aliphatic hydroxyl groups is 1. The van der Waals surface area contributed by atoms with Gasteiger partial charge in [0.15, 0.2) is 0 Å². The van der Waals surface area contributed by atoms with Crippen molar-refractivity contribution in [1.29, 1.82) is 0 Å². The predicted molar refractivity (Wildman–Crippen MR) is 46.0 cm³/mol. The van der Waals surface area contributed by atoms with Crippen molar-refractivity contribution in [3.8, 4) is 0 Å². The Morgan fingerprint density at radius 2 is 1.62 bits per heavy atom. The molecule has 1 N–H and O–H groups in total. The predicted octanol–water partition coefficient (Wildman–Crippen LogP) is 2.08. The van der Waals surface area contributed by atoms with Crippen LogP contribution in [0.1, 0.15) is 32.1 Å². The van der Waals surface area contributed by atoms with Crippen molar-refractivity contribution in [2.24, 2.45) is 0 Å². The monoisotopic (exact) mass is 224 g/mol. The van der Waals surface area contributed by atoms with E-state index in [1.54, 1.807) is 0 Å². The topological polar surface area (TPSA) is 54.4 Å². The molecule has 0 saturated heterocycles. The molecule has 1 rings (SSSR count). The first-order valence-electron chi connectivity index (χ1n) is 4.26. The zero-order valence-corrected chi connectivity index (χ0v) is 9.21. The summed E-state index contributed by atoms with van der Waals surface area (Å²) in [7, 11) is 0. The molecule has 1 aliphatic rings. The second-order valence-corrected chi connectivity index (χ2v) is 2.89. The third-order valence-electron chi connectivity index (χ3n) is 1.57. The summed E-state index contributed by atoms with van der Waals surface area (Å²) in [6.45, 7) is 6.50. The molecule has 0 spiro atoms. The van der Waals surface area contributed by atoms with Gasteiger partial charge in [-0.05, 0) is 12.8 Å². The molecule has 0 atom stereocenters. The molecule has 3 nitrogen and oxygen atoms in total. The van der Waals surface area contributed by atoms with E-state index in [0.29, 0.717) is 0 Å². The number of rotatable bonds is 0. The Morgan fingerprint density at radius 1 is 1.31 bits per heavy atom. The van der Waals surface area contributed by atoms with Crippen molar-refractivity contribution in [2.45, 2.75) is 38.2 Å². The SMILES string of the molecule is C=C[CH2-].OC1CCCCC1.[O]=[V]=[O]. The maximum absolute atomic E-state index is 8.91. The fourth-order valence-corrected chi connectivity index (χ4v) is 1.08. The number of hydrogen-bond donors (Lipinski definition) is 1. The summed E-state index contributed by atoms with van der Waals surface area (Å²) in [6.07, 6.45) is 7.42. The first-order chi connectivity index (χ1) is 6.22. The van der Waals surface area contributed by atoms with Gasteiger partial charge in [-0.2, -0.15) is 0 Å². The Morgan fingerprint density at radius 3 is 1.77 bits per heavy atom. The van der Waals surface area contributed by atoms with Gasteiger partial charge in [-0.15, -0.1) is 0 Å². The summed E-state index contributed by atoms with van der Waals surface area (Å²) in [5, 5.41) is 8.91. The summed E-state index contributed by atoms with van der Waals surface area (Å²) < 4.78 is 16.9. The zero-order valence-electron chi connectivity index (χ0n) is 7.82. The number of aliphatic hydroxyl groups excluding tert-OH is 1. The molecule has 0 aromatic carbocycles. The fourth-order valence-electron chi connectivity index (χ4n) is 1.08. The van der Waals surface area contributed by atoms with Crippen LogP contribution in [0.25, 0.3) is 0 Å². The van der Waals surface area contributed by atoms with Crippen LogP contribution in [-0.2, 0) is 23.5 Å². The molecule has 0 bridgehead atoms. The van der Waals surface area contributed by atoms with E-state index < -0.39 is 16.2 Å². The molecule has 0 aromatic rings. The van der Waals surface area contributed by atoms with Crippen LogP contribution >= 0.6 is 0 Å². The molecule has 0 unspecified atom stereocenters. The standard InChI is InChI=1S/C6H12O.C3H5.2O.V/c7-6-4-2-1-3-5-6;1-3-2;;;/h6-7H,1-5H2;3H,1-2H2;;;/q;-1;;;. The summed E-state index contributed by atoms with van der Waals surface area (Å²) >= 11 is -1.81. The van der Waals surface area contributed by atoms with Crippen LogP contribution < -0.4 is 0 Å². The average molecular weight is 224 g/mol. The van der Waals surface area contributed by atoms with Crippen LogP contribution in [-0.4, -0.2) is 11.2 Å². The molecular weight excluding hydrogens is 207 g/mol. The van der Waals surface area contributed by atoms with Gasteiger partial charge in [0.25, 0.3) is 0 Å². The van der Waals surface area contributed by atoms with Gasteiger partial charge in [-0.1, -0.05) is 19.3 Å². The van der Waals surface area contributed by atoms with Crippen molar-refractivity contribution in [1.82, 2.24) is 0 Å². The Hall–Kier alpha value is -0.246. The Bertz CT molecular complexity index is 136. The van der Waals surface area contributed by atoms with E-state index in [4.69, 9.17) is 12.5 Å². The Balaban J connectivity index is 0. The van der Waals surface area contributed by atoms with Crippen LogP contribution in [0.5, 0.6) is 0 Å². The summed E-state index contributed by atoms with van der Waals surface area (Å²) in [5.74, 6) is 0. The van der Waals surface area contributed by atoms with Gasteiger partial charge in [-0.3, -0.25) is 0 Å². The summed E-state index contributed by atoms with van der Waals surface area (Å²) in [6, 6.07) is 0. The van der Waals surface area contributed by atoms with Crippen molar-refractivity contribution in [3.63, 3.8) is 0 Å². The van der Waals surface area contributed by atoms with E-state index in [9.17, 15) is 0 Å². The Kier molecular flexibility index (Phi) is 16.7. The van der Waals surface area contributed by atoms with E-state index >= 15 is 0 Å². The van der Waals surface area contributed by atoms with Crippen LogP contribution in [0.4, 0.5) is 0 Å². The van der Waals surface area contributed by atoms with Crippen LogP contribution in [0.3, 0.4) is 0 Å². The van der Waals surface area contributed by atoms with Gasteiger partial charge in [0.05, 0.1) is 6.10 Å². The summed E-state index contributed by atoms with van der Waals surface area (Å²) in [4.78, 5) is 0. The van der Waals surface area contributed by atoms with E-state index in [1.165, 1.54) is 25.3 Å². The zero-order chi connectivity index (χ0) is 10.5. The average Bonchev–Trinajstić information content (AvgIpc) is 2.08. The minimum absolute atomic E-state index is 0.0359. The molecule has 0 radical (unpaired) electrons. The second-order valence-electron chi connectivity index (χ2n) is 2.66. The molecule has 4 heteroatoms. The van der Waals surface area contributed by atoms with E-state index in [2.05, 4.69) is 13.5 Å². The molecule has 1 saturated carbocycles. The molecule has 0 heterocycles. The van der Waals surface area contributed by atoms with Crippen LogP contribution in [0, 0.1) is 6.92 Å². The number of allylic oxidation sites excluding steroid dienone is 1. The van der Waals surface area contributed by atoms with Gasteiger partial charge in [0.2, 0.25) is 0 Å². The van der Waals surface area contributed by atoms with Crippen LogP contribution in [0.2, 0.25) is 0 Å². The van der Waals surface area contributed by atoms with Crippen molar-refractivity contribution < 1.29 is 28.6 Å². The van der Waals surface area contributed by atoms with E-state index in [1.807, 2.05) is 0 Å². The molecule has 0 aromatic heterocycles. The van der Waals surface area contributed by atoms with E-state index in [0.717, 1.165) is 12.8 Å². The van der Waals surface area contributed by atoms with Gasteiger partial charge >= 0.3 is 23.5 Å². The molecule has 77 valence electrons. The molecule has 1 aliphatic carbocycles. The second kappa shape index (κ2) is 14.3. The molecule has 0 aliphatic heterocycles. The summed E-state index contributed by atoms with van der Waals surface area (Å²) in [5.41, 5.74) is 0. The molecular formula is C9H17O3V-. The maximum atomic E-state index is 8.91. The van der Waals surface area contributed by atoms with Gasteiger partial charge in [-0.25, -0.2) is 19.6 Å². The first kappa shape index (κ1) is 15.2. The minimum atomic E-state index is -1.81. The normalized spacial score (nSPS) is 15.2. The van der Waals surface area contributed by atoms with Gasteiger partial charge < -0.3 is 5.11 Å². The van der Waals surface area contributed by atoms with Crippen LogP contribution in [0.15, 0.2) is 12.7 Å². The van der Waals surface area contributed by atoms with E-state index in [-0.39, 0.29) is 6.10 Å². The third kappa shape index (κ3) is 18.6. The molecule has 1 fully saturated rings. The molecule has 0 amide bonds. The molecule has 13 heavy (non-hydrogen) atoms. The third-order valence-corrected chi connectivity index (χ3v) is 1.57. The quantitative estimate of drug-likeness (QED) is 0.641. The fraction of sp³-hybridized carbons (Fsp3) is 0.667. The van der Waals surface area contributed by atoms with Gasteiger partial charge in [0, 0.05) is 0 Å². The van der Waals surface area contributed by atoms with Crippen molar-refractivity contribution >= 4 is 0 Å². The first-order valence-corrected chi connectivity index (χ1v) is 5.40. The number of hydrogen-bond acceptors (Lipinski definition) is 3. The Labute approximate surface area is 86.8 Å². The van der Waals surface area contributed by atoms with Crippen molar-refractivity contribution in [2.75, 3.05) is 0 Å².